The molecule has 8 heteroatoms. The van der Waals surface area contributed by atoms with Crippen molar-refractivity contribution >= 4 is 5.97 Å². The van der Waals surface area contributed by atoms with Gasteiger partial charge < -0.3 is 33.5 Å². The van der Waals surface area contributed by atoms with E-state index < -0.39 is 0 Å². The Kier molecular flexibility index (Phi) is 6.68. The highest BCUT2D eigenvalue weighted by Crippen LogP contribution is 2.48. The molecular formula is C23H28O8. The van der Waals surface area contributed by atoms with E-state index in [0.717, 1.165) is 11.1 Å². The van der Waals surface area contributed by atoms with Crippen LogP contribution in [-0.2, 0) is 9.53 Å². The second kappa shape index (κ2) is 9.24. The molecule has 0 saturated carbocycles. The van der Waals surface area contributed by atoms with E-state index in [0.29, 0.717) is 17.2 Å². The van der Waals surface area contributed by atoms with Crippen LogP contribution in [0, 0.1) is 11.8 Å². The maximum Gasteiger partial charge on any atom is 0.309 e. The van der Waals surface area contributed by atoms with Gasteiger partial charge in [-0.25, -0.2) is 0 Å². The summed E-state index contributed by atoms with van der Waals surface area (Å²) in [5, 5.41) is 10.4. The number of benzene rings is 2. The van der Waals surface area contributed by atoms with Crippen LogP contribution >= 0.6 is 0 Å². The van der Waals surface area contributed by atoms with E-state index in [-0.39, 0.29) is 47.6 Å². The lowest BCUT2D eigenvalue weighted by molar-refractivity contribution is -0.140. The number of esters is 1. The van der Waals surface area contributed by atoms with Crippen LogP contribution in [0.15, 0.2) is 24.3 Å². The number of rotatable bonds is 8. The van der Waals surface area contributed by atoms with Crippen molar-refractivity contribution in [3.8, 4) is 34.5 Å². The first-order valence-corrected chi connectivity index (χ1v) is 9.81. The fraction of sp³-hybridized carbons (Fsp3) is 0.435. The summed E-state index contributed by atoms with van der Waals surface area (Å²) in [7, 11) is 7.58. The minimum Gasteiger partial charge on any atom is -0.502 e. The molecule has 1 fully saturated rings. The molecule has 3 atom stereocenters. The number of carbonyl (C=O) groups is 1. The number of carbonyl (C=O) groups excluding carboxylic acids is 1. The predicted octanol–water partition coefficient (Wildman–Crippen LogP) is 3.38. The molecule has 0 amide bonds. The smallest absolute Gasteiger partial charge is 0.309 e. The van der Waals surface area contributed by atoms with Crippen LogP contribution in [-0.4, -0.2) is 53.2 Å². The van der Waals surface area contributed by atoms with Crippen molar-refractivity contribution in [2.45, 2.75) is 12.8 Å². The van der Waals surface area contributed by atoms with E-state index >= 15 is 0 Å². The van der Waals surface area contributed by atoms with Gasteiger partial charge in [-0.15, -0.1) is 0 Å². The third-order valence-corrected chi connectivity index (χ3v) is 5.77. The summed E-state index contributed by atoms with van der Waals surface area (Å²) in [6.45, 7) is 2.10. The van der Waals surface area contributed by atoms with Crippen molar-refractivity contribution in [2.24, 2.45) is 11.8 Å². The lowest BCUT2D eigenvalue weighted by Gasteiger charge is -2.27. The Morgan fingerprint density at radius 3 is 1.65 bits per heavy atom. The lowest BCUT2D eigenvalue weighted by atomic mass is 9.76. The molecule has 0 spiro atoms. The van der Waals surface area contributed by atoms with Crippen LogP contribution in [0.1, 0.15) is 24.0 Å². The van der Waals surface area contributed by atoms with Gasteiger partial charge in [0.25, 0.3) is 0 Å². The summed E-state index contributed by atoms with van der Waals surface area (Å²) >= 11 is 0. The molecule has 0 bridgehead atoms. The number of hydrogen-bond donors (Lipinski definition) is 1. The molecule has 1 saturated heterocycles. The fourth-order valence-electron chi connectivity index (χ4n) is 4.07. The van der Waals surface area contributed by atoms with Gasteiger partial charge in [0.2, 0.25) is 11.5 Å². The number of phenols is 1. The van der Waals surface area contributed by atoms with Gasteiger partial charge in [0.05, 0.1) is 48.1 Å². The summed E-state index contributed by atoms with van der Waals surface area (Å²) < 4.78 is 32.6. The Morgan fingerprint density at radius 2 is 1.29 bits per heavy atom. The molecule has 1 N–H and O–H groups in total. The zero-order chi connectivity index (χ0) is 22.7. The number of aromatic hydroxyl groups is 1. The first-order chi connectivity index (χ1) is 14.9. The molecule has 3 rings (SSSR count). The summed E-state index contributed by atoms with van der Waals surface area (Å²) in [4.78, 5) is 12.2. The zero-order valence-electron chi connectivity index (χ0n) is 18.6. The Labute approximate surface area is 181 Å². The van der Waals surface area contributed by atoms with Gasteiger partial charge in [-0.1, -0.05) is 6.92 Å². The molecule has 31 heavy (non-hydrogen) atoms. The molecule has 1 aliphatic rings. The average Bonchev–Trinajstić information content (AvgIpc) is 3.11. The summed E-state index contributed by atoms with van der Waals surface area (Å²) in [6.07, 6.45) is 0. The van der Waals surface area contributed by atoms with E-state index in [1.54, 1.807) is 33.5 Å². The van der Waals surface area contributed by atoms with E-state index in [9.17, 15) is 9.90 Å². The van der Waals surface area contributed by atoms with Crippen molar-refractivity contribution in [3.05, 3.63) is 35.4 Å². The Morgan fingerprint density at radius 1 is 0.839 bits per heavy atom. The summed E-state index contributed by atoms with van der Waals surface area (Å²) in [5.41, 5.74) is 1.62. The van der Waals surface area contributed by atoms with Crippen LogP contribution in [0.2, 0.25) is 0 Å². The van der Waals surface area contributed by atoms with Gasteiger partial charge in [0.1, 0.15) is 0 Å². The van der Waals surface area contributed by atoms with Crippen molar-refractivity contribution in [1.82, 2.24) is 0 Å². The molecular weight excluding hydrogens is 404 g/mol. The first-order valence-electron chi connectivity index (χ1n) is 9.81. The molecule has 8 nitrogen and oxygen atoms in total. The summed E-state index contributed by atoms with van der Waals surface area (Å²) in [5.74, 6) is 0.844. The van der Waals surface area contributed by atoms with E-state index in [2.05, 4.69) is 0 Å². The van der Waals surface area contributed by atoms with Crippen LogP contribution < -0.4 is 23.7 Å². The largest absolute Gasteiger partial charge is 0.502 e. The van der Waals surface area contributed by atoms with Crippen molar-refractivity contribution < 1.29 is 38.3 Å². The maximum atomic E-state index is 12.2. The second-order valence-electron chi connectivity index (χ2n) is 7.29. The van der Waals surface area contributed by atoms with Gasteiger partial charge in [0.15, 0.2) is 23.0 Å². The number of cyclic esters (lactones) is 1. The Bertz CT molecular complexity index is 905. The third kappa shape index (κ3) is 4.02. The Hall–Kier alpha value is -3.29. The van der Waals surface area contributed by atoms with Gasteiger partial charge in [-0.2, -0.15) is 0 Å². The number of methoxy groups -OCH3 is 5. The molecule has 0 radical (unpaired) electrons. The summed E-state index contributed by atoms with van der Waals surface area (Å²) in [6, 6.07) is 7.18. The van der Waals surface area contributed by atoms with Crippen LogP contribution in [0.4, 0.5) is 0 Å². The monoisotopic (exact) mass is 432 g/mol. The standard InChI is InChI=1S/C23H28O8/c1-12-15(11-31-23(12)25)20(13-7-16(26-2)21(24)17(8-13)27-3)14-9-18(28-4)22(30-6)19(10-14)29-5/h7-10,12,15,20,24H,11H2,1-6H3/t12-,15+,20-/m0/s1. The van der Waals surface area contributed by atoms with Crippen LogP contribution in [0.3, 0.4) is 0 Å². The van der Waals surface area contributed by atoms with Gasteiger partial charge in [0, 0.05) is 11.8 Å². The Balaban J connectivity index is 2.26. The highest BCUT2D eigenvalue weighted by molar-refractivity contribution is 5.75. The van der Waals surface area contributed by atoms with Crippen LogP contribution in [0.5, 0.6) is 34.5 Å². The van der Waals surface area contributed by atoms with Crippen molar-refractivity contribution in [2.75, 3.05) is 42.2 Å². The maximum absolute atomic E-state index is 12.2. The lowest BCUT2D eigenvalue weighted by Crippen LogP contribution is -2.22. The first kappa shape index (κ1) is 22.4. The number of ether oxygens (including phenoxy) is 6. The normalized spacial score (nSPS) is 18.8. The minimum atomic E-state index is -0.338. The fourth-order valence-corrected chi connectivity index (χ4v) is 4.07. The molecule has 2 aromatic carbocycles. The minimum absolute atomic E-state index is 0.0933. The van der Waals surface area contributed by atoms with E-state index in [4.69, 9.17) is 28.4 Å². The van der Waals surface area contributed by atoms with Gasteiger partial charge >= 0.3 is 5.97 Å². The molecule has 0 aromatic heterocycles. The van der Waals surface area contributed by atoms with Gasteiger partial charge in [-0.3, -0.25) is 4.79 Å². The molecule has 1 aliphatic heterocycles. The number of phenolic OH excluding ortho intramolecular Hbond substituents is 1. The molecule has 0 aliphatic carbocycles. The van der Waals surface area contributed by atoms with Crippen molar-refractivity contribution in [3.63, 3.8) is 0 Å². The van der Waals surface area contributed by atoms with E-state index in [1.165, 1.54) is 14.2 Å². The molecule has 2 aromatic rings. The van der Waals surface area contributed by atoms with Crippen LogP contribution in [0.25, 0.3) is 0 Å². The third-order valence-electron chi connectivity index (χ3n) is 5.77. The molecule has 0 unspecified atom stereocenters. The quantitative estimate of drug-likeness (QED) is 0.635. The van der Waals surface area contributed by atoms with Gasteiger partial charge in [-0.05, 0) is 35.4 Å². The molecule has 1 heterocycles. The predicted molar refractivity (Wildman–Crippen MR) is 113 cm³/mol. The van der Waals surface area contributed by atoms with Crippen molar-refractivity contribution in [1.29, 1.82) is 0 Å². The topological polar surface area (TPSA) is 92.7 Å². The highest BCUT2D eigenvalue weighted by atomic mass is 16.5. The number of hydrogen-bond acceptors (Lipinski definition) is 8. The SMILES string of the molecule is COc1cc([C@@H](c2cc(OC)c(OC)c(OC)c2)[C@@H]2COC(=O)[C@H]2C)cc(OC)c1O. The van der Waals surface area contributed by atoms with E-state index in [1.807, 2.05) is 19.1 Å². The highest BCUT2D eigenvalue weighted by Gasteiger charge is 2.41. The average molecular weight is 432 g/mol. The zero-order valence-corrected chi connectivity index (χ0v) is 18.6. The second-order valence-corrected chi connectivity index (χ2v) is 7.29. The molecule has 168 valence electrons.